The van der Waals surface area contributed by atoms with E-state index in [1.54, 1.807) is 12.5 Å². The Labute approximate surface area is 129 Å². The van der Waals surface area contributed by atoms with E-state index < -0.39 is 5.60 Å². The van der Waals surface area contributed by atoms with E-state index in [1.165, 1.54) is 22.3 Å². The van der Waals surface area contributed by atoms with Crippen LogP contribution in [0.3, 0.4) is 0 Å². The molecule has 1 aromatic heterocycles. The van der Waals surface area contributed by atoms with E-state index in [-0.39, 0.29) is 0 Å². The largest absolute Gasteiger partial charge is 0.379 e. The van der Waals surface area contributed by atoms with Crippen LogP contribution < -0.4 is 0 Å². The van der Waals surface area contributed by atoms with Gasteiger partial charge >= 0.3 is 0 Å². The Morgan fingerprint density at radius 2 is 1.86 bits per heavy atom. The molecule has 3 nitrogen and oxygen atoms in total. The summed E-state index contributed by atoms with van der Waals surface area (Å²) in [5.41, 5.74) is 5.88. The summed E-state index contributed by atoms with van der Waals surface area (Å²) in [5.74, 6) is 0. The Morgan fingerprint density at radius 1 is 1.09 bits per heavy atom. The Morgan fingerprint density at radius 3 is 2.64 bits per heavy atom. The third-order valence-electron chi connectivity index (χ3n) is 4.67. The number of nitrogens with zero attached hydrogens (tertiary/aromatic N) is 2. The molecule has 3 heteroatoms. The average molecular weight is 290 g/mol. The fourth-order valence-electron chi connectivity index (χ4n) is 3.42. The van der Waals surface area contributed by atoms with Gasteiger partial charge in [0.2, 0.25) is 0 Å². The molecule has 110 valence electrons. The molecule has 22 heavy (non-hydrogen) atoms. The summed E-state index contributed by atoms with van der Waals surface area (Å²) < 4.78 is 1.86. The second kappa shape index (κ2) is 4.55. The zero-order valence-electron chi connectivity index (χ0n) is 12.7. The van der Waals surface area contributed by atoms with Crippen molar-refractivity contribution in [3.63, 3.8) is 0 Å². The molecule has 1 unspecified atom stereocenters. The number of imidazole rings is 1. The molecule has 0 aliphatic heterocycles. The van der Waals surface area contributed by atoms with Crippen molar-refractivity contribution < 1.29 is 5.11 Å². The standard InChI is InChI=1S/C19H18N2O/c1-19(22,18-11-20-12-21(18)2)15-7-8-17-14(10-15)9-13-5-3-4-6-16(13)17/h3-8,10-12,22H,9H2,1-2H3. The number of hydrogen-bond acceptors (Lipinski definition) is 2. The summed E-state index contributed by atoms with van der Waals surface area (Å²) in [6, 6.07) is 14.8. The van der Waals surface area contributed by atoms with Crippen LogP contribution in [0.2, 0.25) is 0 Å². The van der Waals surface area contributed by atoms with Crippen LogP contribution in [0.1, 0.15) is 29.3 Å². The summed E-state index contributed by atoms with van der Waals surface area (Å²) in [5, 5.41) is 11.0. The molecule has 0 spiro atoms. The van der Waals surface area contributed by atoms with Crippen molar-refractivity contribution in [1.29, 1.82) is 0 Å². The van der Waals surface area contributed by atoms with Gasteiger partial charge in [0.05, 0.1) is 18.2 Å². The number of benzene rings is 2. The van der Waals surface area contributed by atoms with E-state index >= 15 is 0 Å². The lowest BCUT2D eigenvalue weighted by Gasteiger charge is -2.25. The molecule has 3 aromatic rings. The lowest BCUT2D eigenvalue weighted by Crippen LogP contribution is -2.25. The van der Waals surface area contributed by atoms with Crippen LogP contribution in [0.5, 0.6) is 0 Å². The zero-order valence-corrected chi connectivity index (χ0v) is 12.7. The minimum Gasteiger partial charge on any atom is -0.379 e. The molecule has 4 rings (SSSR count). The summed E-state index contributed by atoms with van der Waals surface area (Å²) in [6.45, 7) is 1.83. The third-order valence-corrected chi connectivity index (χ3v) is 4.67. The highest BCUT2D eigenvalue weighted by Crippen LogP contribution is 2.39. The molecular weight excluding hydrogens is 272 g/mol. The first-order valence-electron chi connectivity index (χ1n) is 7.48. The number of aliphatic hydroxyl groups is 1. The van der Waals surface area contributed by atoms with E-state index in [0.717, 1.165) is 17.7 Å². The van der Waals surface area contributed by atoms with Gasteiger partial charge in [0.1, 0.15) is 5.60 Å². The van der Waals surface area contributed by atoms with E-state index in [1.807, 2.05) is 24.6 Å². The molecule has 0 amide bonds. The maximum atomic E-state index is 11.0. The van der Waals surface area contributed by atoms with E-state index in [4.69, 9.17) is 0 Å². The van der Waals surface area contributed by atoms with Gasteiger partial charge in [-0.25, -0.2) is 4.98 Å². The number of aromatic nitrogens is 2. The minimum atomic E-state index is -1.05. The Balaban J connectivity index is 1.81. The first-order chi connectivity index (χ1) is 10.6. The van der Waals surface area contributed by atoms with Gasteiger partial charge in [0, 0.05) is 7.05 Å². The molecule has 0 fully saturated rings. The normalized spacial score (nSPS) is 15.2. The molecule has 2 aromatic carbocycles. The summed E-state index contributed by atoms with van der Waals surface area (Å²) in [7, 11) is 1.90. The predicted octanol–water partition coefficient (Wildman–Crippen LogP) is 3.25. The topological polar surface area (TPSA) is 38.0 Å². The Bertz CT molecular complexity index is 861. The van der Waals surface area contributed by atoms with E-state index in [2.05, 4.69) is 41.4 Å². The highest BCUT2D eigenvalue weighted by molar-refractivity contribution is 5.77. The molecule has 1 N–H and O–H groups in total. The molecule has 1 aliphatic rings. The Hall–Kier alpha value is -2.39. The molecule has 0 bridgehead atoms. The van der Waals surface area contributed by atoms with Gasteiger partial charge in [-0.2, -0.15) is 0 Å². The van der Waals surface area contributed by atoms with Crippen LogP contribution in [0.25, 0.3) is 11.1 Å². The first kappa shape index (κ1) is 13.3. The van der Waals surface area contributed by atoms with Crippen LogP contribution in [-0.2, 0) is 19.1 Å². The molecular formula is C19H18N2O. The monoisotopic (exact) mass is 290 g/mol. The van der Waals surface area contributed by atoms with Gasteiger partial charge < -0.3 is 9.67 Å². The van der Waals surface area contributed by atoms with Crippen molar-refractivity contribution in [3.05, 3.63) is 77.4 Å². The second-order valence-electron chi connectivity index (χ2n) is 6.17. The number of fused-ring (bicyclic) bond motifs is 3. The first-order valence-corrected chi connectivity index (χ1v) is 7.48. The summed E-state index contributed by atoms with van der Waals surface area (Å²) >= 11 is 0. The van der Waals surface area contributed by atoms with Gasteiger partial charge in [-0.1, -0.05) is 42.5 Å². The van der Waals surface area contributed by atoms with Crippen LogP contribution in [0.15, 0.2) is 55.0 Å². The van der Waals surface area contributed by atoms with Crippen molar-refractivity contribution in [1.82, 2.24) is 9.55 Å². The van der Waals surface area contributed by atoms with Gasteiger partial charge in [-0.3, -0.25) is 0 Å². The van der Waals surface area contributed by atoms with Crippen molar-refractivity contribution in [2.24, 2.45) is 7.05 Å². The molecule has 1 heterocycles. The van der Waals surface area contributed by atoms with Gasteiger partial charge in [0.15, 0.2) is 0 Å². The number of aryl methyl sites for hydroxylation is 1. The molecule has 1 atom stereocenters. The highest BCUT2D eigenvalue weighted by atomic mass is 16.3. The van der Waals surface area contributed by atoms with E-state index in [9.17, 15) is 5.11 Å². The minimum absolute atomic E-state index is 0.794. The van der Waals surface area contributed by atoms with Crippen molar-refractivity contribution in [2.75, 3.05) is 0 Å². The molecule has 1 aliphatic carbocycles. The van der Waals surface area contributed by atoms with Gasteiger partial charge in [-0.15, -0.1) is 0 Å². The quantitative estimate of drug-likeness (QED) is 0.615. The average Bonchev–Trinajstić information content (AvgIpc) is 3.10. The van der Waals surface area contributed by atoms with Crippen LogP contribution >= 0.6 is 0 Å². The third kappa shape index (κ3) is 1.82. The fourth-order valence-corrected chi connectivity index (χ4v) is 3.42. The predicted molar refractivity (Wildman–Crippen MR) is 86.6 cm³/mol. The van der Waals surface area contributed by atoms with Crippen LogP contribution in [0, 0.1) is 0 Å². The van der Waals surface area contributed by atoms with Crippen molar-refractivity contribution in [3.8, 4) is 11.1 Å². The van der Waals surface area contributed by atoms with Crippen LogP contribution in [0.4, 0.5) is 0 Å². The number of rotatable bonds is 2. The number of hydrogen-bond donors (Lipinski definition) is 1. The van der Waals surface area contributed by atoms with Gasteiger partial charge in [0.25, 0.3) is 0 Å². The fraction of sp³-hybridized carbons (Fsp3) is 0.211. The molecule has 0 saturated heterocycles. The molecule has 0 radical (unpaired) electrons. The van der Waals surface area contributed by atoms with Gasteiger partial charge in [-0.05, 0) is 41.2 Å². The van der Waals surface area contributed by atoms with Crippen molar-refractivity contribution in [2.45, 2.75) is 18.9 Å². The SMILES string of the molecule is Cn1cncc1C(C)(O)c1ccc2c(c1)Cc1ccccc1-2. The smallest absolute Gasteiger partial charge is 0.128 e. The maximum Gasteiger partial charge on any atom is 0.128 e. The van der Waals surface area contributed by atoms with E-state index in [0.29, 0.717) is 0 Å². The highest BCUT2D eigenvalue weighted by Gasteiger charge is 2.30. The lowest BCUT2D eigenvalue weighted by atomic mass is 9.90. The van der Waals surface area contributed by atoms with Crippen LogP contribution in [-0.4, -0.2) is 14.7 Å². The summed E-state index contributed by atoms with van der Waals surface area (Å²) in [6.07, 6.45) is 4.37. The lowest BCUT2D eigenvalue weighted by molar-refractivity contribution is 0.0941. The van der Waals surface area contributed by atoms with Crippen molar-refractivity contribution >= 4 is 0 Å². The zero-order chi connectivity index (χ0) is 15.3. The maximum absolute atomic E-state index is 11.0. The summed E-state index contributed by atoms with van der Waals surface area (Å²) in [4.78, 5) is 4.12. The molecule has 0 saturated carbocycles. The second-order valence-corrected chi connectivity index (χ2v) is 6.17. The Kier molecular flexibility index (Phi) is 2.75.